The zero-order chi connectivity index (χ0) is 10.9. The van der Waals surface area contributed by atoms with E-state index in [0.717, 1.165) is 39.3 Å². The maximum Gasteiger partial charge on any atom is 0.176 e. The summed E-state index contributed by atoms with van der Waals surface area (Å²) in [6.45, 7) is 7.93. The number of epoxide rings is 1. The van der Waals surface area contributed by atoms with Crippen LogP contribution in [-0.2, 0) is 13.9 Å². The molecule has 0 amide bonds. The lowest BCUT2D eigenvalue weighted by Crippen LogP contribution is -2.16. The van der Waals surface area contributed by atoms with Gasteiger partial charge in [0.25, 0.3) is 0 Å². The molecule has 1 saturated heterocycles. The van der Waals surface area contributed by atoms with Crippen LogP contribution in [0, 0.1) is 0 Å². The Balaban J connectivity index is 1.75. The van der Waals surface area contributed by atoms with E-state index in [-0.39, 0.29) is 0 Å². The zero-order valence-electron chi connectivity index (χ0n) is 10.0. The Morgan fingerprint density at radius 2 is 1.87 bits per heavy atom. The van der Waals surface area contributed by atoms with Gasteiger partial charge in [0.15, 0.2) is 9.04 Å². The molecular formula is C11H24O3Si. The fraction of sp³-hybridized carbons (Fsp3) is 1.00. The molecule has 1 aliphatic rings. The number of unbranched alkanes of at least 4 members (excludes halogenated alkanes) is 1. The zero-order valence-corrected chi connectivity index (χ0v) is 11.2. The molecule has 0 aromatic rings. The van der Waals surface area contributed by atoms with Crippen LogP contribution in [0.15, 0.2) is 0 Å². The van der Waals surface area contributed by atoms with Gasteiger partial charge in [0, 0.05) is 13.2 Å². The van der Waals surface area contributed by atoms with Gasteiger partial charge in [-0.15, -0.1) is 0 Å². The Hall–Kier alpha value is 0.0969. The summed E-state index contributed by atoms with van der Waals surface area (Å²) in [7, 11) is -0.818. The van der Waals surface area contributed by atoms with Gasteiger partial charge in [-0.3, -0.25) is 0 Å². The first-order valence-corrected chi connectivity index (χ1v) is 8.28. The molecule has 0 saturated carbocycles. The SMILES string of the molecule is CC[SiH](CC)OCCCCOCC1CO1. The number of hydrogen-bond donors (Lipinski definition) is 0. The van der Waals surface area contributed by atoms with Gasteiger partial charge in [-0.25, -0.2) is 0 Å². The summed E-state index contributed by atoms with van der Waals surface area (Å²) < 4.78 is 16.3. The van der Waals surface area contributed by atoms with E-state index < -0.39 is 9.04 Å². The minimum absolute atomic E-state index is 0.401. The van der Waals surface area contributed by atoms with Gasteiger partial charge in [0.2, 0.25) is 0 Å². The lowest BCUT2D eigenvalue weighted by molar-refractivity contribution is 0.110. The Kier molecular flexibility index (Phi) is 7.26. The maximum atomic E-state index is 5.84. The van der Waals surface area contributed by atoms with Crippen molar-refractivity contribution in [3.63, 3.8) is 0 Å². The molecule has 90 valence electrons. The second-order valence-electron chi connectivity index (χ2n) is 4.05. The Morgan fingerprint density at radius 3 is 2.47 bits per heavy atom. The van der Waals surface area contributed by atoms with E-state index in [1.54, 1.807) is 0 Å². The summed E-state index contributed by atoms with van der Waals surface area (Å²) in [5, 5.41) is 0. The van der Waals surface area contributed by atoms with Crippen molar-refractivity contribution in [2.45, 2.75) is 44.9 Å². The third-order valence-electron chi connectivity index (χ3n) is 2.65. The fourth-order valence-corrected chi connectivity index (χ4v) is 3.01. The molecule has 0 aromatic carbocycles. The molecule has 1 rings (SSSR count). The molecule has 15 heavy (non-hydrogen) atoms. The summed E-state index contributed by atoms with van der Waals surface area (Å²) in [6.07, 6.45) is 2.65. The number of rotatable bonds is 10. The van der Waals surface area contributed by atoms with E-state index >= 15 is 0 Å². The molecule has 1 fully saturated rings. The lowest BCUT2D eigenvalue weighted by Gasteiger charge is -2.11. The molecule has 0 bridgehead atoms. The predicted octanol–water partition coefficient (Wildman–Crippen LogP) is 1.96. The molecule has 3 nitrogen and oxygen atoms in total. The highest BCUT2D eigenvalue weighted by Crippen LogP contribution is 2.08. The van der Waals surface area contributed by atoms with Crippen LogP contribution in [0.5, 0.6) is 0 Å². The fourth-order valence-electron chi connectivity index (χ4n) is 1.46. The first kappa shape index (κ1) is 13.2. The second kappa shape index (κ2) is 8.27. The highest BCUT2D eigenvalue weighted by molar-refractivity contribution is 6.51. The van der Waals surface area contributed by atoms with E-state index in [0.29, 0.717) is 6.10 Å². The lowest BCUT2D eigenvalue weighted by atomic mass is 10.3. The summed E-state index contributed by atoms with van der Waals surface area (Å²) in [6, 6.07) is 2.51. The van der Waals surface area contributed by atoms with Crippen molar-refractivity contribution in [2.75, 3.05) is 26.4 Å². The van der Waals surface area contributed by atoms with Crippen LogP contribution in [-0.4, -0.2) is 41.6 Å². The molecular weight excluding hydrogens is 208 g/mol. The first-order valence-electron chi connectivity index (χ1n) is 6.17. The molecule has 1 heterocycles. The summed E-state index contributed by atoms with van der Waals surface area (Å²) in [4.78, 5) is 0. The Bertz CT molecular complexity index is 147. The summed E-state index contributed by atoms with van der Waals surface area (Å²) in [5.41, 5.74) is 0. The van der Waals surface area contributed by atoms with Gasteiger partial charge in [-0.2, -0.15) is 0 Å². The average molecular weight is 232 g/mol. The molecule has 0 spiro atoms. The van der Waals surface area contributed by atoms with Gasteiger partial charge in [-0.05, 0) is 24.9 Å². The summed E-state index contributed by atoms with van der Waals surface area (Å²) >= 11 is 0. The Morgan fingerprint density at radius 1 is 1.20 bits per heavy atom. The van der Waals surface area contributed by atoms with Gasteiger partial charge in [-0.1, -0.05) is 13.8 Å². The minimum atomic E-state index is -0.818. The highest BCUT2D eigenvalue weighted by Gasteiger charge is 2.21. The van der Waals surface area contributed by atoms with Crippen molar-refractivity contribution in [3.05, 3.63) is 0 Å². The molecule has 1 unspecified atom stereocenters. The van der Waals surface area contributed by atoms with E-state index in [1.165, 1.54) is 12.1 Å². The van der Waals surface area contributed by atoms with Crippen molar-refractivity contribution in [1.29, 1.82) is 0 Å². The van der Waals surface area contributed by atoms with E-state index in [2.05, 4.69) is 13.8 Å². The predicted molar refractivity (Wildman–Crippen MR) is 63.9 cm³/mol. The smallest absolute Gasteiger partial charge is 0.176 e. The van der Waals surface area contributed by atoms with Gasteiger partial charge >= 0.3 is 0 Å². The van der Waals surface area contributed by atoms with Crippen molar-refractivity contribution < 1.29 is 13.9 Å². The van der Waals surface area contributed by atoms with Crippen LogP contribution in [0.3, 0.4) is 0 Å². The van der Waals surface area contributed by atoms with Gasteiger partial charge in [0.05, 0.1) is 13.2 Å². The quantitative estimate of drug-likeness (QED) is 0.328. The van der Waals surface area contributed by atoms with Crippen LogP contribution >= 0.6 is 0 Å². The van der Waals surface area contributed by atoms with Crippen LogP contribution in [0.2, 0.25) is 12.1 Å². The first-order chi connectivity index (χ1) is 7.36. The highest BCUT2D eigenvalue weighted by atomic mass is 28.3. The van der Waals surface area contributed by atoms with Crippen molar-refractivity contribution >= 4 is 9.04 Å². The largest absolute Gasteiger partial charge is 0.420 e. The normalized spacial score (nSPS) is 19.8. The monoisotopic (exact) mass is 232 g/mol. The average Bonchev–Trinajstić information content (AvgIpc) is 3.06. The van der Waals surface area contributed by atoms with Crippen LogP contribution in [0.1, 0.15) is 26.7 Å². The molecule has 0 radical (unpaired) electrons. The molecule has 0 aromatic heterocycles. The van der Waals surface area contributed by atoms with E-state index in [1.807, 2.05) is 0 Å². The van der Waals surface area contributed by atoms with Crippen molar-refractivity contribution in [3.8, 4) is 0 Å². The number of hydrogen-bond acceptors (Lipinski definition) is 3. The van der Waals surface area contributed by atoms with E-state index in [9.17, 15) is 0 Å². The van der Waals surface area contributed by atoms with Gasteiger partial charge < -0.3 is 13.9 Å². The van der Waals surface area contributed by atoms with Crippen LogP contribution in [0.4, 0.5) is 0 Å². The van der Waals surface area contributed by atoms with Crippen LogP contribution in [0.25, 0.3) is 0 Å². The topological polar surface area (TPSA) is 31.0 Å². The standard InChI is InChI=1S/C11H24O3Si/c1-3-15(4-2)14-8-6-5-7-12-9-11-10-13-11/h11,15H,3-10H2,1-2H3. The van der Waals surface area contributed by atoms with E-state index in [4.69, 9.17) is 13.9 Å². The molecule has 4 heteroatoms. The molecule has 0 N–H and O–H groups in total. The molecule has 1 atom stereocenters. The maximum absolute atomic E-state index is 5.84. The third-order valence-corrected chi connectivity index (χ3v) is 5.18. The second-order valence-corrected chi connectivity index (χ2v) is 7.26. The third kappa shape index (κ3) is 7.06. The number of ether oxygens (including phenoxy) is 2. The minimum Gasteiger partial charge on any atom is -0.420 e. The Labute approximate surface area is 94.8 Å². The van der Waals surface area contributed by atoms with Crippen molar-refractivity contribution in [2.24, 2.45) is 0 Å². The van der Waals surface area contributed by atoms with Gasteiger partial charge in [0.1, 0.15) is 6.10 Å². The molecule has 0 aliphatic carbocycles. The van der Waals surface area contributed by atoms with Crippen LogP contribution < -0.4 is 0 Å². The van der Waals surface area contributed by atoms with Crippen molar-refractivity contribution in [1.82, 2.24) is 0 Å². The summed E-state index contributed by atoms with van der Waals surface area (Å²) in [5.74, 6) is 0. The molecule has 1 aliphatic heterocycles.